The highest BCUT2D eigenvalue weighted by atomic mass is 16.3. The van der Waals surface area contributed by atoms with Crippen LogP contribution in [-0.4, -0.2) is 11.1 Å². The molecule has 2 unspecified atom stereocenters. The molecule has 13 heavy (non-hydrogen) atoms. The largest absolute Gasteiger partial charge is 0.387 e. The van der Waals surface area contributed by atoms with Crippen molar-refractivity contribution >= 4 is 0 Å². The minimum absolute atomic E-state index is 0.104. The number of aliphatic hydroxyl groups is 1. The highest BCUT2D eigenvalue weighted by Gasteiger charge is 2.26. The van der Waals surface area contributed by atoms with Gasteiger partial charge in [-0.05, 0) is 17.5 Å². The fraction of sp³-hybridized carbons (Fsp3) is 0.455. The summed E-state index contributed by atoms with van der Waals surface area (Å²) in [7, 11) is 0. The molecule has 0 amide bonds. The lowest BCUT2D eigenvalue weighted by molar-refractivity contribution is 0.159. The van der Waals surface area contributed by atoms with E-state index < -0.39 is 6.10 Å². The molecule has 1 aromatic carbocycles. The summed E-state index contributed by atoms with van der Waals surface area (Å²) in [6.07, 6.45) is 0.350. The average molecular weight is 179 g/mol. The highest BCUT2D eigenvalue weighted by molar-refractivity contribution is 5.35. The van der Waals surface area contributed by atoms with Crippen LogP contribution in [0.3, 0.4) is 0 Å². The number of rotatable bonds is 0. The maximum Gasteiger partial charge on any atom is 0.0946 e. The quantitative estimate of drug-likeness (QED) is 0.636. The van der Waals surface area contributed by atoms with E-state index in [-0.39, 0.29) is 6.04 Å². The zero-order chi connectivity index (χ0) is 9.84. The summed E-state index contributed by atoms with van der Waals surface area (Å²) in [4.78, 5) is 0. The van der Waals surface area contributed by atoms with Gasteiger partial charge in [0.1, 0.15) is 0 Å². The van der Waals surface area contributed by atoms with E-state index in [1.807, 2.05) is 38.1 Å². The second kappa shape index (κ2) is 4.40. The summed E-state index contributed by atoms with van der Waals surface area (Å²) in [6.45, 7) is 4.00. The van der Waals surface area contributed by atoms with E-state index in [9.17, 15) is 5.11 Å². The van der Waals surface area contributed by atoms with Crippen molar-refractivity contribution in [3.8, 4) is 0 Å². The monoisotopic (exact) mass is 179 g/mol. The normalized spacial score (nSPS) is 24.6. The maximum atomic E-state index is 9.52. The van der Waals surface area contributed by atoms with Crippen LogP contribution in [0.15, 0.2) is 24.3 Å². The summed E-state index contributed by atoms with van der Waals surface area (Å²) in [5.74, 6) is 0. The van der Waals surface area contributed by atoms with Crippen molar-refractivity contribution in [2.75, 3.05) is 0 Å². The number of hydrogen-bond donors (Lipinski definition) is 2. The lowest BCUT2D eigenvalue weighted by Gasteiger charge is -2.07. The summed E-state index contributed by atoms with van der Waals surface area (Å²) in [5.41, 5.74) is 7.87. The number of benzene rings is 1. The van der Waals surface area contributed by atoms with Crippen molar-refractivity contribution in [1.82, 2.24) is 0 Å². The first kappa shape index (κ1) is 10.2. The Kier molecular flexibility index (Phi) is 3.46. The Morgan fingerprint density at radius 2 is 1.92 bits per heavy atom. The Morgan fingerprint density at radius 3 is 2.54 bits per heavy atom. The molecule has 0 aromatic heterocycles. The third-order valence-corrected chi connectivity index (χ3v) is 2.23. The molecule has 1 aliphatic rings. The van der Waals surface area contributed by atoms with Gasteiger partial charge in [-0.15, -0.1) is 0 Å². The van der Waals surface area contributed by atoms with E-state index in [4.69, 9.17) is 5.73 Å². The highest BCUT2D eigenvalue weighted by Crippen LogP contribution is 2.29. The molecule has 0 heterocycles. The zero-order valence-corrected chi connectivity index (χ0v) is 8.20. The van der Waals surface area contributed by atoms with E-state index >= 15 is 0 Å². The van der Waals surface area contributed by atoms with Crippen LogP contribution in [0.1, 0.15) is 31.1 Å². The van der Waals surface area contributed by atoms with E-state index in [1.54, 1.807) is 0 Å². The van der Waals surface area contributed by atoms with Crippen LogP contribution in [0.2, 0.25) is 0 Å². The van der Waals surface area contributed by atoms with Crippen molar-refractivity contribution < 1.29 is 5.11 Å². The van der Waals surface area contributed by atoms with Crippen LogP contribution in [0.5, 0.6) is 0 Å². The Bertz CT molecular complexity index is 273. The molecule has 72 valence electrons. The lowest BCUT2D eigenvalue weighted by Crippen LogP contribution is -2.24. The van der Waals surface area contributed by atoms with E-state index in [2.05, 4.69) is 0 Å². The third-order valence-electron chi connectivity index (χ3n) is 2.23. The Morgan fingerprint density at radius 1 is 1.31 bits per heavy atom. The molecule has 0 fully saturated rings. The van der Waals surface area contributed by atoms with Crippen LogP contribution in [0, 0.1) is 0 Å². The molecule has 1 aliphatic carbocycles. The molecule has 2 heteroatoms. The van der Waals surface area contributed by atoms with Gasteiger partial charge in [0.15, 0.2) is 0 Å². The predicted octanol–water partition coefficient (Wildman–Crippen LogP) is 1.63. The van der Waals surface area contributed by atoms with Crippen LogP contribution < -0.4 is 5.73 Å². The summed E-state index contributed by atoms with van der Waals surface area (Å²) >= 11 is 0. The molecule has 0 spiro atoms. The molecule has 2 rings (SSSR count). The van der Waals surface area contributed by atoms with Crippen molar-refractivity contribution in [3.63, 3.8) is 0 Å². The van der Waals surface area contributed by atoms with Gasteiger partial charge in [0, 0.05) is 6.04 Å². The molecule has 0 saturated carbocycles. The van der Waals surface area contributed by atoms with Crippen molar-refractivity contribution in [2.24, 2.45) is 5.73 Å². The van der Waals surface area contributed by atoms with Gasteiger partial charge >= 0.3 is 0 Å². The van der Waals surface area contributed by atoms with E-state index in [1.165, 1.54) is 5.56 Å². The van der Waals surface area contributed by atoms with Gasteiger partial charge in [0.2, 0.25) is 0 Å². The maximum absolute atomic E-state index is 9.52. The molecular formula is C11H17NO. The molecule has 2 nitrogen and oxygen atoms in total. The van der Waals surface area contributed by atoms with Crippen LogP contribution in [0.4, 0.5) is 0 Å². The minimum Gasteiger partial charge on any atom is -0.387 e. The van der Waals surface area contributed by atoms with Gasteiger partial charge in [-0.1, -0.05) is 38.1 Å². The van der Waals surface area contributed by atoms with Crippen LogP contribution in [-0.2, 0) is 6.42 Å². The summed E-state index contributed by atoms with van der Waals surface area (Å²) in [5, 5.41) is 9.52. The number of aliphatic hydroxyl groups excluding tert-OH is 1. The van der Waals surface area contributed by atoms with Crippen molar-refractivity contribution in [3.05, 3.63) is 35.4 Å². The Labute approximate surface area is 79.4 Å². The lowest BCUT2D eigenvalue weighted by atomic mass is 10.1. The van der Waals surface area contributed by atoms with Gasteiger partial charge in [-0.3, -0.25) is 0 Å². The van der Waals surface area contributed by atoms with E-state index in [0.29, 0.717) is 0 Å². The van der Waals surface area contributed by atoms with Gasteiger partial charge in [0.05, 0.1) is 6.10 Å². The standard InChI is InChI=1S/C9H11NO.C2H6/c10-8-5-6-3-1-2-4-7(6)9(8)11;1-2/h1-4,8-9,11H,5,10H2;1-2H3. The van der Waals surface area contributed by atoms with Crippen LogP contribution >= 0.6 is 0 Å². The molecule has 0 saturated heterocycles. The Hall–Kier alpha value is -0.860. The predicted molar refractivity (Wildman–Crippen MR) is 54.4 cm³/mol. The fourth-order valence-corrected chi connectivity index (χ4v) is 1.60. The van der Waals surface area contributed by atoms with Gasteiger partial charge in [0.25, 0.3) is 0 Å². The fourth-order valence-electron chi connectivity index (χ4n) is 1.60. The molecule has 0 bridgehead atoms. The topological polar surface area (TPSA) is 46.2 Å². The number of nitrogens with two attached hydrogens (primary N) is 1. The number of hydrogen-bond acceptors (Lipinski definition) is 2. The average Bonchev–Trinajstić information content (AvgIpc) is 2.47. The number of fused-ring (bicyclic) bond motifs is 1. The van der Waals surface area contributed by atoms with Gasteiger partial charge < -0.3 is 10.8 Å². The Balaban J connectivity index is 0.000000396. The van der Waals surface area contributed by atoms with E-state index in [0.717, 1.165) is 12.0 Å². The second-order valence-corrected chi connectivity index (χ2v) is 3.01. The van der Waals surface area contributed by atoms with Gasteiger partial charge in [-0.25, -0.2) is 0 Å². The SMILES string of the molecule is CC.NC1Cc2ccccc2C1O. The third kappa shape index (κ3) is 1.90. The van der Waals surface area contributed by atoms with Crippen molar-refractivity contribution in [2.45, 2.75) is 32.4 Å². The molecule has 2 atom stereocenters. The van der Waals surface area contributed by atoms with Crippen molar-refractivity contribution in [1.29, 1.82) is 0 Å². The first-order valence-electron chi connectivity index (χ1n) is 4.80. The molecule has 3 N–H and O–H groups in total. The molecule has 0 radical (unpaired) electrons. The van der Waals surface area contributed by atoms with Crippen LogP contribution in [0.25, 0.3) is 0 Å². The minimum atomic E-state index is -0.453. The summed E-state index contributed by atoms with van der Waals surface area (Å²) < 4.78 is 0. The zero-order valence-electron chi connectivity index (χ0n) is 8.20. The molecule has 1 aromatic rings. The molecular weight excluding hydrogens is 162 g/mol. The first-order chi connectivity index (χ1) is 6.29. The first-order valence-corrected chi connectivity index (χ1v) is 4.80. The molecule has 0 aliphatic heterocycles. The second-order valence-electron chi connectivity index (χ2n) is 3.01. The smallest absolute Gasteiger partial charge is 0.0946 e. The summed E-state index contributed by atoms with van der Waals surface area (Å²) in [6, 6.07) is 7.76. The van der Waals surface area contributed by atoms with Gasteiger partial charge in [-0.2, -0.15) is 0 Å².